The molecule has 0 aliphatic rings. The summed E-state index contributed by atoms with van der Waals surface area (Å²) in [6.07, 6.45) is 1.59. The summed E-state index contributed by atoms with van der Waals surface area (Å²) in [5.41, 5.74) is 4.32. The van der Waals surface area contributed by atoms with Gasteiger partial charge in [0.05, 0.1) is 29.6 Å². The van der Waals surface area contributed by atoms with Crippen molar-refractivity contribution >= 4 is 34.8 Å². The summed E-state index contributed by atoms with van der Waals surface area (Å²) in [5, 5.41) is 5.86. The van der Waals surface area contributed by atoms with E-state index in [0.29, 0.717) is 0 Å². The van der Waals surface area contributed by atoms with E-state index in [9.17, 15) is 4.79 Å². The number of hydrogen-bond donors (Lipinski definition) is 1. The standard InChI is InChI=1S/C19H17N3O2S/c1-24-16-9-6-14(7-10-16)12-20-22-18(23)13-25-19-11-8-15-4-2-3-5-17(15)21-19/h2-12H,13H2,1H3,(H,22,23). The number of fused-ring (bicyclic) bond motifs is 1. The van der Waals surface area contributed by atoms with Crippen molar-refractivity contribution in [2.45, 2.75) is 5.03 Å². The second-order valence-corrected chi connectivity index (χ2v) is 6.19. The molecule has 3 rings (SSSR count). The van der Waals surface area contributed by atoms with Gasteiger partial charge in [0.2, 0.25) is 5.91 Å². The van der Waals surface area contributed by atoms with E-state index >= 15 is 0 Å². The first-order valence-electron chi connectivity index (χ1n) is 7.69. The Bertz CT molecular complexity index is 895. The number of carbonyl (C=O) groups excluding carboxylic acids is 1. The maximum Gasteiger partial charge on any atom is 0.250 e. The van der Waals surface area contributed by atoms with E-state index in [0.717, 1.165) is 27.2 Å². The van der Waals surface area contributed by atoms with Crippen LogP contribution < -0.4 is 10.2 Å². The minimum absolute atomic E-state index is 0.176. The molecule has 1 aromatic heterocycles. The van der Waals surface area contributed by atoms with Crippen LogP contribution in [-0.4, -0.2) is 30.0 Å². The highest BCUT2D eigenvalue weighted by Crippen LogP contribution is 2.19. The fourth-order valence-electron chi connectivity index (χ4n) is 2.17. The smallest absolute Gasteiger partial charge is 0.250 e. The van der Waals surface area contributed by atoms with Gasteiger partial charge in [-0.15, -0.1) is 0 Å². The van der Waals surface area contributed by atoms with E-state index in [1.165, 1.54) is 11.8 Å². The number of pyridine rings is 1. The lowest BCUT2D eigenvalue weighted by molar-refractivity contribution is -0.118. The third kappa shape index (κ3) is 4.81. The molecule has 0 saturated heterocycles. The van der Waals surface area contributed by atoms with Crippen LogP contribution in [0.2, 0.25) is 0 Å². The van der Waals surface area contributed by atoms with Crippen molar-refractivity contribution in [3.8, 4) is 5.75 Å². The van der Waals surface area contributed by atoms with Crippen molar-refractivity contribution in [3.63, 3.8) is 0 Å². The van der Waals surface area contributed by atoms with E-state index in [1.54, 1.807) is 13.3 Å². The lowest BCUT2D eigenvalue weighted by Crippen LogP contribution is -2.19. The van der Waals surface area contributed by atoms with E-state index in [-0.39, 0.29) is 11.7 Å². The number of carbonyl (C=O) groups is 1. The Morgan fingerprint density at radius 2 is 1.96 bits per heavy atom. The molecule has 25 heavy (non-hydrogen) atoms. The van der Waals surface area contributed by atoms with Gasteiger partial charge in [0.1, 0.15) is 5.75 Å². The summed E-state index contributed by atoms with van der Waals surface area (Å²) in [4.78, 5) is 16.4. The minimum atomic E-state index is -0.176. The number of nitrogens with zero attached hydrogens (tertiary/aromatic N) is 2. The van der Waals surface area contributed by atoms with E-state index in [1.807, 2.05) is 60.7 Å². The second kappa shape index (κ2) is 8.30. The summed E-state index contributed by atoms with van der Waals surface area (Å²) >= 11 is 1.38. The van der Waals surface area contributed by atoms with Crippen LogP contribution in [0.3, 0.4) is 0 Å². The van der Waals surface area contributed by atoms with Crippen molar-refractivity contribution in [2.75, 3.05) is 12.9 Å². The number of thioether (sulfide) groups is 1. The van der Waals surface area contributed by atoms with E-state index in [2.05, 4.69) is 15.5 Å². The molecule has 0 bridgehead atoms. The largest absolute Gasteiger partial charge is 0.497 e. The SMILES string of the molecule is COc1ccc(C=NNC(=O)CSc2ccc3ccccc3n2)cc1. The Morgan fingerprint density at radius 1 is 1.16 bits per heavy atom. The van der Waals surface area contributed by atoms with Crippen molar-refractivity contribution in [2.24, 2.45) is 5.10 Å². The Hall–Kier alpha value is -2.86. The highest BCUT2D eigenvalue weighted by molar-refractivity contribution is 7.99. The van der Waals surface area contributed by atoms with Crippen molar-refractivity contribution < 1.29 is 9.53 Å². The molecular weight excluding hydrogens is 334 g/mol. The van der Waals surface area contributed by atoms with Crippen molar-refractivity contribution in [1.82, 2.24) is 10.4 Å². The first kappa shape index (κ1) is 17.0. The summed E-state index contributed by atoms with van der Waals surface area (Å²) < 4.78 is 5.09. The molecule has 0 atom stereocenters. The van der Waals surface area contributed by atoms with Crippen LogP contribution in [0.25, 0.3) is 10.9 Å². The third-order valence-corrected chi connectivity index (χ3v) is 4.37. The highest BCUT2D eigenvalue weighted by atomic mass is 32.2. The maximum absolute atomic E-state index is 11.9. The fourth-order valence-corrected chi connectivity index (χ4v) is 2.84. The van der Waals surface area contributed by atoms with Crippen LogP contribution in [0.4, 0.5) is 0 Å². The molecule has 1 N–H and O–H groups in total. The Morgan fingerprint density at radius 3 is 2.76 bits per heavy atom. The molecule has 0 saturated carbocycles. The monoisotopic (exact) mass is 351 g/mol. The number of benzene rings is 2. The Balaban J connectivity index is 1.50. The van der Waals surface area contributed by atoms with Crippen LogP contribution in [0, 0.1) is 0 Å². The van der Waals surface area contributed by atoms with Crippen LogP contribution in [0.5, 0.6) is 5.75 Å². The summed E-state index contributed by atoms with van der Waals surface area (Å²) in [6.45, 7) is 0. The molecule has 1 heterocycles. The zero-order valence-electron chi connectivity index (χ0n) is 13.7. The minimum Gasteiger partial charge on any atom is -0.497 e. The molecule has 1 amide bonds. The summed E-state index contributed by atoms with van der Waals surface area (Å²) in [7, 11) is 1.62. The van der Waals surface area contributed by atoms with E-state index in [4.69, 9.17) is 4.74 Å². The number of aromatic nitrogens is 1. The first-order valence-corrected chi connectivity index (χ1v) is 8.68. The van der Waals surface area contributed by atoms with Crippen LogP contribution in [-0.2, 0) is 4.79 Å². The number of hydrazone groups is 1. The predicted octanol–water partition coefficient (Wildman–Crippen LogP) is 3.49. The van der Waals surface area contributed by atoms with Crippen LogP contribution in [0.1, 0.15) is 5.56 Å². The van der Waals surface area contributed by atoms with Gasteiger partial charge in [-0.05, 0) is 42.0 Å². The molecule has 0 unspecified atom stereocenters. The molecule has 0 aliphatic carbocycles. The number of nitrogens with one attached hydrogen (secondary N) is 1. The molecule has 3 aromatic rings. The number of para-hydroxylation sites is 1. The van der Waals surface area contributed by atoms with Crippen LogP contribution >= 0.6 is 11.8 Å². The Labute approximate surface area is 150 Å². The Kier molecular flexibility index (Phi) is 5.64. The average molecular weight is 351 g/mol. The molecule has 0 spiro atoms. The van der Waals surface area contributed by atoms with Gasteiger partial charge in [0.15, 0.2) is 0 Å². The highest BCUT2D eigenvalue weighted by Gasteiger charge is 2.03. The quantitative estimate of drug-likeness (QED) is 0.419. The lowest BCUT2D eigenvalue weighted by Gasteiger charge is -2.02. The van der Waals surface area contributed by atoms with Gasteiger partial charge >= 0.3 is 0 Å². The number of methoxy groups -OCH3 is 1. The zero-order chi connectivity index (χ0) is 17.5. The van der Waals surface area contributed by atoms with Gasteiger partial charge in [-0.1, -0.05) is 36.0 Å². The summed E-state index contributed by atoms with van der Waals surface area (Å²) in [5.74, 6) is 0.857. The average Bonchev–Trinajstić information content (AvgIpc) is 2.67. The van der Waals surface area contributed by atoms with Crippen molar-refractivity contribution in [1.29, 1.82) is 0 Å². The third-order valence-electron chi connectivity index (χ3n) is 3.44. The molecule has 0 aliphatic heterocycles. The van der Waals surface area contributed by atoms with E-state index < -0.39 is 0 Å². The normalized spacial score (nSPS) is 10.9. The van der Waals surface area contributed by atoms with Gasteiger partial charge in [-0.25, -0.2) is 10.4 Å². The second-order valence-electron chi connectivity index (χ2n) is 5.20. The molecule has 6 heteroatoms. The molecule has 2 aromatic carbocycles. The number of ether oxygens (including phenoxy) is 1. The van der Waals surface area contributed by atoms with Gasteiger partial charge in [0, 0.05) is 5.39 Å². The molecule has 5 nitrogen and oxygen atoms in total. The number of hydrogen-bond acceptors (Lipinski definition) is 5. The molecule has 0 radical (unpaired) electrons. The number of rotatable bonds is 6. The van der Waals surface area contributed by atoms with Crippen molar-refractivity contribution in [3.05, 3.63) is 66.2 Å². The van der Waals surface area contributed by atoms with Gasteiger partial charge in [-0.2, -0.15) is 5.10 Å². The molecule has 0 fully saturated rings. The zero-order valence-corrected chi connectivity index (χ0v) is 14.5. The van der Waals surface area contributed by atoms with Gasteiger partial charge < -0.3 is 4.74 Å². The number of amides is 1. The lowest BCUT2D eigenvalue weighted by atomic mass is 10.2. The fraction of sp³-hybridized carbons (Fsp3) is 0.105. The predicted molar refractivity (Wildman–Crippen MR) is 101 cm³/mol. The van der Waals surface area contributed by atoms with Crippen LogP contribution in [0.15, 0.2) is 70.8 Å². The molecule has 126 valence electrons. The summed E-state index contributed by atoms with van der Waals surface area (Å²) in [6, 6.07) is 19.2. The maximum atomic E-state index is 11.9. The topological polar surface area (TPSA) is 63.6 Å². The van der Waals surface area contributed by atoms with Gasteiger partial charge in [0.25, 0.3) is 0 Å². The van der Waals surface area contributed by atoms with Gasteiger partial charge in [-0.3, -0.25) is 4.79 Å². The first-order chi connectivity index (χ1) is 12.2. The molecular formula is C19H17N3O2S.